The van der Waals surface area contributed by atoms with Crippen molar-refractivity contribution in [2.45, 2.75) is 6.92 Å². The minimum atomic E-state index is -0.261. The van der Waals surface area contributed by atoms with E-state index >= 15 is 0 Å². The summed E-state index contributed by atoms with van der Waals surface area (Å²) in [6.45, 7) is 1.45. The van der Waals surface area contributed by atoms with E-state index < -0.39 is 0 Å². The van der Waals surface area contributed by atoms with Crippen molar-refractivity contribution in [2.24, 2.45) is 0 Å². The van der Waals surface area contributed by atoms with Gasteiger partial charge in [-0.15, -0.1) is 0 Å². The molecule has 0 bridgehead atoms. The molecule has 0 unspecified atom stereocenters. The molecule has 0 aliphatic heterocycles. The van der Waals surface area contributed by atoms with E-state index in [2.05, 4.69) is 20.7 Å². The molecular formula is C19H17N5O2. The van der Waals surface area contributed by atoms with Crippen molar-refractivity contribution in [3.63, 3.8) is 0 Å². The summed E-state index contributed by atoms with van der Waals surface area (Å²) in [6.07, 6.45) is 6.15. The van der Waals surface area contributed by atoms with E-state index in [1.807, 2.05) is 30.3 Å². The first-order valence-corrected chi connectivity index (χ1v) is 7.92. The Balaban J connectivity index is 1.68. The summed E-state index contributed by atoms with van der Waals surface area (Å²) in [7, 11) is 0. The maximum atomic E-state index is 12.2. The first-order chi connectivity index (χ1) is 12.6. The van der Waals surface area contributed by atoms with Crippen molar-refractivity contribution < 1.29 is 9.59 Å². The van der Waals surface area contributed by atoms with Gasteiger partial charge in [-0.05, 0) is 35.9 Å². The number of benzene rings is 2. The molecule has 0 fully saturated rings. The van der Waals surface area contributed by atoms with Crippen LogP contribution in [0.4, 0.5) is 11.4 Å². The summed E-state index contributed by atoms with van der Waals surface area (Å²) in [5.41, 5.74) is 2.92. The minimum Gasteiger partial charge on any atom is -0.326 e. The van der Waals surface area contributed by atoms with Crippen LogP contribution in [0.1, 0.15) is 12.5 Å². The number of aromatic nitrogens is 3. The molecule has 2 aromatic carbocycles. The van der Waals surface area contributed by atoms with Gasteiger partial charge in [-0.2, -0.15) is 5.10 Å². The van der Waals surface area contributed by atoms with Gasteiger partial charge in [0.15, 0.2) is 0 Å². The summed E-state index contributed by atoms with van der Waals surface area (Å²) in [4.78, 5) is 27.1. The van der Waals surface area contributed by atoms with Crippen LogP contribution in [0, 0.1) is 0 Å². The zero-order chi connectivity index (χ0) is 18.4. The predicted molar refractivity (Wildman–Crippen MR) is 99.8 cm³/mol. The van der Waals surface area contributed by atoms with Crippen molar-refractivity contribution in [1.29, 1.82) is 0 Å². The summed E-state index contributed by atoms with van der Waals surface area (Å²) in [5, 5.41) is 9.61. The summed E-state index contributed by atoms with van der Waals surface area (Å²) < 4.78 is 1.58. The van der Waals surface area contributed by atoms with Crippen molar-refractivity contribution >= 4 is 29.3 Å². The molecule has 7 heteroatoms. The lowest BCUT2D eigenvalue weighted by molar-refractivity contribution is -0.114. The van der Waals surface area contributed by atoms with E-state index in [0.29, 0.717) is 11.4 Å². The van der Waals surface area contributed by atoms with Crippen LogP contribution in [-0.4, -0.2) is 26.6 Å². The number of hydrogen-bond donors (Lipinski definition) is 2. The number of hydrogen-bond acceptors (Lipinski definition) is 4. The Morgan fingerprint density at radius 3 is 2.50 bits per heavy atom. The van der Waals surface area contributed by atoms with Crippen LogP contribution in [-0.2, 0) is 9.59 Å². The van der Waals surface area contributed by atoms with Crippen LogP contribution in [0.3, 0.4) is 0 Å². The maximum absolute atomic E-state index is 12.2. The van der Waals surface area contributed by atoms with Gasteiger partial charge in [-0.3, -0.25) is 9.59 Å². The number of rotatable bonds is 5. The maximum Gasteiger partial charge on any atom is 0.248 e. The SMILES string of the molecule is CC(=O)Nc1ccc(/C=C/C(=O)Nc2ccccc2-n2cncn2)cc1. The van der Waals surface area contributed by atoms with E-state index in [0.717, 1.165) is 11.3 Å². The highest BCUT2D eigenvalue weighted by Crippen LogP contribution is 2.18. The second kappa shape index (κ2) is 7.89. The number of amides is 2. The van der Waals surface area contributed by atoms with Gasteiger partial charge in [0.05, 0.1) is 11.4 Å². The molecule has 0 atom stereocenters. The quantitative estimate of drug-likeness (QED) is 0.695. The number of nitrogens with one attached hydrogen (secondary N) is 2. The Bertz CT molecular complexity index is 931. The third-order valence-corrected chi connectivity index (χ3v) is 3.49. The molecule has 0 aliphatic carbocycles. The van der Waals surface area contributed by atoms with E-state index in [4.69, 9.17) is 0 Å². The molecule has 0 spiro atoms. The Kier molecular flexibility index (Phi) is 5.19. The van der Waals surface area contributed by atoms with Crippen molar-refractivity contribution in [3.05, 3.63) is 72.8 Å². The van der Waals surface area contributed by atoms with Crippen molar-refractivity contribution in [2.75, 3.05) is 10.6 Å². The van der Waals surface area contributed by atoms with Gasteiger partial charge >= 0.3 is 0 Å². The lowest BCUT2D eigenvalue weighted by Gasteiger charge is -2.09. The summed E-state index contributed by atoms with van der Waals surface area (Å²) in [6, 6.07) is 14.5. The molecular weight excluding hydrogens is 330 g/mol. The molecule has 26 heavy (non-hydrogen) atoms. The van der Waals surface area contributed by atoms with Crippen LogP contribution in [0.5, 0.6) is 0 Å². The molecule has 2 N–H and O–H groups in total. The monoisotopic (exact) mass is 347 g/mol. The number of carbonyl (C=O) groups is 2. The highest BCUT2D eigenvalue weighted by atomic mass is 16.2. The lowest BCUT2D eigenvalue weighted by atomic mass is 10.2. The lowest BCUT2D eigenvalue weighted by Crippen LogP contribution is -2.10. The Morgan fingerprint density at radius 2 is 1.81 bits per heavy atom. The molecule has 2 amide bonds. The summed E-state index contributed by atoms with van der Waals surface area (Å²) >= 11 is 0. The molecule has 0 saturated carbocycles. The van der Waals surface area contributed by atoms with Crippen molar-refractivity contribution in [3.8, 4) is 5.69 Å². The second-order valence-corrected chi connectivity index (χ2v) is 5.48. The second-order valence-electron chi connectivity index (χ2n) is 5.48. The van der Waals surface area contributed by atoms with Gasteiger partial charge in [-0.1, -0.05) is 24.3 Å². The first-order valence-electron chi connectivity index (χ1n) is 7.92. The average molecular weight is 347 g/mol. The molecule has 0 saturated heterocycles. The number of carbonyl (C=O) groups excluding carboxylic acids is 2. The average Bonchev–Trinajstić information content (AvgIpc) is 3.16. The predicted octanol–water partition coefficient (Wildman–Crippen LogP) is 2.88. The van der Waals surface area contributed by atoms with Gasteiger partial charge in [0, 0.05) is 18.7 Å². The molecule has 1 heterocycles. The van der Waals surface area contributed by atoms with Crippen LogP contribution in [0.15, 0.2) is 67.3 Å². The fourth-order valence-corrected chi connectivity index (χ4v) is 2.34. The Morgan fingerprint density at radius 1 is 1.04 bits per heavy atom. The number of nitrogens with zero attached hydrogens (tertiary/aromatic N) is 3. The zero-order valence-electron chi connectivity index (χ0n) is 14.1. The summed E-state index contributed by atoms with van der Waals surface area (Å²) in [5.74, 6) is -0.387. The third-order valence-electron chi connectivity index (χ3n) is 3.49. The minimum absolute atomic E-state index is 0.126. The molecule has 0 radical (unpaired) electrons. The van der Waals surface area contributed by atoms with E-state index in [1.54, 1.807) is 35.3 Å². The van der Waals surface area contributed by atoms with Crippen LogP contribution >= 0.6 is 0 Å². The van der Waals surface area contributed by atoms with Gasteiger partial charge in [0.25, 0.3) is 0 Å². The largest absolute Gasteiger partial charge is 0.326 e. The number of anilines is 2. The fourth-order valence-electron chi connectivity index (χ4n) is 2.34. The smallest absolute Gasteiger partial charge is 0.248 e. The molecule has 1 aromatic heterocycles. The van der Waals surface area contributed by atoms with Crippen molar-refractivity contribution in [1.82, 2.24) is 14.8 Å². The van der Waals surface area contributed by atoms with Gasteiger partial charge in [0.1, 0.15) is 12.7 Å². The number of para-hydroxylation sites is 2. The van der Waals surface area contributed by atoms with Gasteiger partial charge < -0.3 is 10.6 Å². The topological polar surface area (TPSA) is 88.9 Å². The highest BCUT2D eigenvalue weighted by molar-refractivity contribution is 6.03. The molecule has 130 valence electrons. The Hall–Kier alpha value is -3.74. The van der Waals surface area contributed by atoms with E-state index in [1.165, 1.54) is 19.3 Å². The fraction of sp³-hybridized carbons (Fsp3) is 0.0526. The molecule has 0 aliphatic rings. The normalized spacial score (nSPS) is 10.7. The van der Waals surface area contributed by atoms with Gasteiger partial charge in [-0.25, -0.2) is 9.67 Å². The van der Waals surface area contributed by atoms with E-state index in [-0.39, 0.29) is 11.8 Å². The third kappa shape index (κ3) is 4.41. The molecule has 3 aromatic rings. The standard InChI is InChI=1S/C19H17N5O2/c1-14(25)22-16-9-6-15(7-10-16)8-11-19(26)23-17-4-2-3-5-18(17)24-13-20-12-21-24/h2-13H,1H3,(H,22,25)(H,23,26)/b11-8+. The van der Waals surface area contributed by atoms with E-state index in [9.17, 15) is 9.59 Å². The molecule has 7 nitrogen and oxygen atoms in total. The zero-order valence-corrected chi connectivity index (χ0v) is 14.1. The highest BCUT2D eigenvalue weighted by Gasteiger charge is 2.06. The van der Waals surface area contributed by atoms with Crippen LogP contribution in [0.2, 0.25) is 0 Å². The molecule has 3 rings (SSSR count). The van der Waals surface area contributed by atoms with Crippen LogP contribution < -0.4 is 10.6 Å². The first kappa shape index (κ1) is 17.1. The Labute approximate surface area is 150 Å². The van der Waals surface area contributed by atoms with Crippen LogP contribution in [0.25, 0.3) is 11.8 Å². The van der Waals surface area contributed by atoms with Gasteiger partial charge in [0.2, 0.25) is 11.8 Å².